The molecule has 1 N–H and O–H groups in total. The van der Waals surface area contributed by atoms with Crippen molar-refractivity contribution in [3.8, 4) is 17.2 Å². The average Bonchev–Trinajstić information content (AvgIpc) is 3.50. The molecule has 0 saturated carbocycles. The third kappa shape index (κ3) is 4.90. The van der Waals surface area contributed by atoms with Crippen molar-refractivity contribution in [3.05, 3.63) is 77.6 Å². The minimum absolute atomic E-state index is 0.0484. The van der Waals surface area contributed by atoms with E-state index < -0.39 is 17.7 Å². The lowest BCUT2D eigenvalue weighted by Crippen LogP contribution is -2.29. The monoisotopic (exact) mass is 545 g/mol. The van der Waals surface area contributed by atoms with Crippen molar-refractivity contribution in [3.63, 3.8) is 0 Å². The molecule has 200 valence electrons. The molecule has 39 heavy (non-hydrogen) atoms. The van der Waals surface area contributed by atoms with Gasteiger partial charge in [0.2, 0.25) is 0 Å². The van der Waals surface area contributed by atoms with Crippen molar-refractivity contribution in [2.45, 2.75) is 26.3 Å². The number of ketones is 1. The Kier molecular flexibility index (Phi) is 7.47. The number of carbonyl (C=O) groups excluding carboxylic acids is 2. The molecule has 0 aliphatic carbocycles. The maximum Gasteiger partial charge on any atom is 0.301 e. The molecule has 0 radical (unpaired) electrons. The highest BCUT2D eigenvalue weighted by Gasteiger charge is 2.48. The fourth-order valence-corrected chi connectivity index (χ4v) is 5.45. The van der Waals surface area contributed by atoms with Gasteiger partial charge in [0.25, 0.3) is 5.78 Å². The third-order valence-electron chi connectivity index (χ3n) is 6.23. The van der Waals surface area contributed by atoms with Gasteiger partial charge in [0.1, 0.15) is 11.5 Å². The Balaban J connectivity index is 1.70. The van der Waals surface area contributed by atoms with Crippen LogP contribution in [0.25, 0.3) is 16.0 Å². The highest BCUT2D eigenvalue weighted by molar-refractivity contribution is 7.22. The van der Waals surface area contributed by atoms with E-state index in [9.17, 15) is 14.7 Å². The summed E-state index contributed by atoms with van der Waals surface area (Å²) in [5, 5.41) is 11.6. The van der Waals surface area contributed by atoms with E-state index in [0.717, 1.165) is 11.1 Å². The molecule has 2 aromatic carbocycles. The number of benzene rings is 2. The van der Waals surface area contributed by atoms with Crippen LogP contribution in [0.5, 0.6) is 17.2 Å². The van der Waals surface area contributed by atoms with E-state index >= 15 is 0 Å². The topological polar surface area (TPSA) is 111 Å². The van der Waals surface area contributed by atoms with Crippen molar-refractivity contribution < 1.29 is 28.9 Å². The number of thiazole rings is 1. The van der Waals surface area contributed by atoms with E-state index in [1.807, 2.05) is 19.9 Å². The van der Waals surface area contributed by atoms with Crippen molar-refractivity contribution in [2.75, 3.05) is 25.2 Å². The number of carbonyl (C=O) groups is 2. The lowest BCUT2D eigenvalue weighted by molar-refractivity contribution is -0.132. The van der Waals surface area contributed by atoms with Crippen LogP contribution in [0.4, 0.5) is 5.13 Å². The van der Waals surface area contributed by atoms with Crippen molar-refractivity contribution in [2.24, 2.45) is 0 Å². The number of anilines is 1. The molecule has 4 aromatic rings. The Hall–Kier alpha value is -4.44. The quantitative estimate of drug-likeness (QED) is 0.166. The van der Waals surface area contributed by atoms with E-state index in [4.69, 9.17) is 14.2 Å². The van der Waals surface area contributed by atoms with Crippen LogP contribution in [0.1, 0.15) is 37.4 Å². The predicted octanol–water partition coefficient (Wildman–Crippen LogP) is 5.51. The van der Waals surface area contributed by atoms with Crippen molar-refractivity contribution in [1.82, 2.24) is 9.97 Å². The molecule has 1 aliphatic heterocycles. The summed E-state index contributed by atoms with van der Waals surface area (Å²) in [6.45, 7) is 4.77. The van der Waals surface area contributed by atoms with Gasteiger partial charge in [-0.05, 0) is 61.4 Å². The van der Waals surface area contributed by atoms with Crippen LogP contribution >= 0.6 is 11.3 Å². The smallest absolute Gasteiger partial charge is 0.301 e. The van der Waals surface area contributed by atoms with Gasteiger partial charge in [0, 0.05) is 18.0 Å². The number of fused-ring (bicyclic) bond motifs is 1. The second kappa shape index (κ2) is 11.1. The Labute approximate surface area is 229 Å². The second-order valence-electron chi connectivity index (χ2n) is 8.72. The van der Waals surface area contributed by atoms with E-state index in [1.54, 1.807) is 49.6 Å². The number of ether oxygens (including phenoxy) is 3. The number of amides is 1. The SMILES string of the molecule is CCCOc1ccc(C2/C(=C(\O)c3ccncc3)C(=O)C(=O)N2c2nc3ccc(OC)cc3s2)cc1OCC. The Morgan fingerprint density at radius 2 is 1.82 bits per heavy atom. The molecule has 1 aliphatic rings. The molecule has 9 nitrogen and oxygen atoms in total. The number of aliphatic hydroxyl groups excluding tert-OH is 1. The molecule has 0 bridgehead atoms. The van der Waals surface area contributed by atoms with Gasteiger partial charge in [-0.3, -0.25) is 19.5 Å². The van der Waals surface area contributed by atoms with Gasteiger partial charge >= 0.3 is 5.91 Å². The summed E-state index contributed by atoms with van der Waals surface area (Å²) in [5.74, 6) is -0.206. The maximum atomic E-state index is 13.6. The van der Waals surface area contributed by atoms with Gasteiger partial charge in [-0.15, -0.1) is 0 Å². The molecule has 10 heteroatoms. The first-order valence-corrected chi connectivity index (χ1v) is 13.3. The highest BCUT2D eigenvalue weighted by atomic mass is 32.1. The molecular formula is C29H27N3O6S. The van der Waals surface area contributed by atoms with Crippen LogP contribution in [0.15, 0.2) is 66.5 Å². The Morgan fingerprint density at radius 1 is 1.03 bits per heavy atom. The molecular weight excluding hydrogens is 518 g/mol. The zero-order chi connectivity index (χ0) is 27.5. The van der Waals surface area contributed by atoms with Gasteiger partial charge in [0.05, 0.1) is 42.2 Å². The summed E-state index contributed by atoms with van der Waals surface area (Å²) in [6, 6.07) is 12.9. The summed E-state index contributed by atoms with van der Waals surface area (Å²) in [6.07, 6.45) is 3.84. The fourth-order valence-electron chi connectivity index (χ4n) is 4.43. The number of pyridine rings is 1. The fraction of sp³-hybridized carbons (Fsp3) is 0.241. The molecule has 3 heterocycles. The maximum absolute atomic E-state index is 13.6. The van der Waals surface area contributed by atoms with E-state index in [1.165, 1.54) is 28.6 Å². The normalized spacial score (nSPS) is 16.6. The number of rotatable bonds is 9. The molecule has 1 amide bonds. The zero-order valence-corrected chi connectivity index (χ0v) is 22.5. The second-order valence-corrected chi connectivity index (χ2v) is 9.73. The summed E-state index contributed by atoms with van der Waals surface area (Å²) >= 11 is 1.26. The van der Waals surface area contributed by atoms with Crippen LogP contribution in [0.2, 0.25) is 0 Å². The number of aliphatic hydroxyl groups is 1. The highest BCUT2D eigenvalue weighted by Crippen LogP contribution is 2.46. The first kappa shape index (κ1) is 26.2. The largest absolute Gasteiger partial charge is 0.507 e. The molecule has 1 unspecified atom stereocenters. The van der Waals surface area contributed by atoms with Crippen LogP contribution in [0.3, 0.4) is 0 Å². The summed E-state index contributed by atoms with van der Waals surface area (Å²) in [4.78, 5) is 37.0. The van der Waals surface area contributed by atoms with Gasteiger partial charge in [0.15, 0.2) is 16.6 Å². The molecule has 1 saturated heterocycles. The molecule has 0 spiro atoms. The number of methoxy groups -OCH3 is 1. The Bertz CT molecular complexity index is 1570. The number of hydrogen-bond acceptors (Lipinski definition) is 9. The van der Waals surface area contributed by atoms with E-state index in [0.29, 0.717) is 52.2 Å². The minimum Gasteiger partial charge on any atom is -0.507 e. The van der Waals surface area contributed by atoms with Crippen LogP contribution < -0.4 is 19.1 Å². The Morgan fingerprint density at radius 3 is 2.54 bits per heavy atom. The summed E-state index contributed by atoms with van der Waals surface area (Å²) in [5.41, 5.74) is 1.54. The van der Waals surface area contributed by atoms with E-state index in [2.05, 4.69) is 9.97 Å². The van der Waals surface area contributed by atoms with Gasteiger partial charge in [-0.25, -0.2) is 4.98 Å². The molecule has 5 rings (SSSR count). The van der Waals surface area contributed by atoms with Crippen molar-refractivity contribution in [1.29, 1.82) is 0 Å². The lowest BCUT2D eigenvalue weighted by Gasteiger charge is -2.24. The zero-order valence-electron chi connectivity index (χ0n) is 21.7. The number of nitrogens with zero attached hydrogens (tertiary/aromatic N) is 3. The van der Waals surface area contributed by atoms with Gasteiger partial charge in [-0.2, -0.15) is 0 Å². The standard InChI is InChI=1S/C29H27N3O6S/c1-4-14-38-21-9-6-18(15-22(21)37-5-2)25-24(26(33)17-10-12-30-13-11-17)27(34)28(35)32(25)29-31-20-8-7-19(36-3)16-23(20)39-29/h6-13,15-16,25,33H,4-5,14H2,1-3H3/b26-24+. The van der Waals surface area contributed by atoms with Crippen LogP contribution in [-0.2, 0) is 9.59 Å². The van der Waals surface area contributed by atoms with Gasteiger partial charge in [-0.1, -0.05) is 24.3 Å². The summed E-state index contributed by atoms with van der Waals surface area (Å²) < 4.78 is 17.8. The van der Waals surface area contributed by atoms with Gasteiger partial charge < -0.3 is 19.3 Å². The predicted molar refractivity (Wildman–Crippen MR) is 149 cm³/mol. The first-order valence-electron chi connectivity index (χ1n) is 12.5. The number of hydrogen-bond donors (Lipinski definition) is 1. The average molecular weight is 546 g/mol. The minimum atomic E-state index is -0.958. The third-order valence-corrected chi connectivity index (χ3v) is 7.25. The molecule has 1 fully saturated rings. The first-order chi connectivity index (χ1) is 19.0. The van der Waals surface area contributed by atoms with Crippen molar-refractivity contribution >= 4 is 44.1 Å². The number of Topliss-reactive ketones (excluding diaryl/α,β-unsaturated/α-hetero) is 1. The number of aromatic nitrogens is 2. The molecule has 2 aromatic heterocycles. The lowest BCUT2D eigenvalue weighted by atomic mass is 9.95. The summed E-state index contributed by atoms with van der Waals surface area (Å²) in [7, 11) is 1.57. The van der Waals surface area contributed by atoms with Crippen LogP contribution in [0, 0.1) is 0 Å². The van der Waals surface area contributed by atoms with Crippen LogP contribution in [-0.4, -0.2) is 47.1 Å². The van der Waals surface area contributed by atoms with E-state index in [-0.39, 0.29) is 11.3 Å². The molecule has 1 atom stereocenters.